The first-order chi connectivity index (χ1) is 13.6. The van der Waals surface area contributed by atoms with E-state index >= 15 is 0 Å². The predicted octanol–water partition coefficient (Wildman–Crippen LogP) is 8.70. The minimum Gasteiger partial charge on any atom is -0.461 e. The van der Waals surface area contributed by atoms with E-state index in [2.05, 4.69) is 33.8 Å². The molecule has 0 radical (unpaired) electrons. The number of ether oxygens (including phenoxy) is 1. The van der Waals surface area contributed by atoms with E-state index in [1.807, 2.05) is 6.08 Å². The highest BCUT2D eigenvalue weighted by Crippen LogP contribution is 2.13. The van der Waals surface area contributed by atoms with Gasteiger partial charge < -0.3 is 4.74 Å². The molecule has 164 valence electrons. The summed E-state index contributed by atoms with van der Waals surface area (Å²) >= 11 is 0. The molecule has 0 unspecified atom stereocenters. The van der Waals surface area contributed by atoms with E-state index < -0.39 is 0 Å². The summed E-state index contributed by atoms with van der Waals surface area (Å²) in [6, 6.07) is 0. The lowest BCUT2D eigenvalue weighted by Gasteiger charge is -2.04. The zero-order valence-corrected chi connectivity index (χ0v) is 19.5. The molecule has 0 saturated heterocycles. The lowest BCUT2D eigenvalue weighted by Crippen LogP contribution is -2.04. The third-order valence-corrected chi connectivity index (χ3v) is 5.25. The van der Waals surface area contributed by atoms with Crippen LogP contribution >= 0.6 is 0 Å². The molecule has 0 spiro atoms. The van der Waals surface area contributed by atoms with Gasteiger partial charge in [-0.05, 0) is 46.1 Å². The van der Waals surface area contributed by atoms with Crippen molar-refractivity contribution in [3.8, 4) is 0 Å². The van der Waals surface area contributed by atoms with E-state index in [-0.39, 0.29) is 5.97 Å². The van der Waals surface area contributed by atoms with Crippen LogP contribution in [0.2, 0.25) is 0 Å². The molecule has 28 heavy (non-hydrogen) atoms. The van der Waals surface area contributed by atoms with Gasteiger partial charge in [0.15, 0.2) is 0 Å². The molecule has 0 aliphatic carbocycles. The third kappa shape index (κ3) is 21.3. The number of carbonyl (C=O) groups excluding carboxylic acids is 1. The van der Waals surface area contributed by atoms with Gasteiger partial charge in [-0.25, -0.2) is 0 Å². The number of rotatable bonds is 19. The summed E-state index contributed by atoms with van der Waals surface area (Å²) in [5, 5.41) is 0. The van der Waals surface area contributed by atoms with Gasteiger partial charge in [0.1, 0.15) is 6.61 Å². The van der Waals surface area contributed by atoms with Crippen molar-refractivity contribution in [1.82, 2.24) is 0 Å². The van der Waals surface area contributed by atoms with Gasteiger partial charge in [0, 0.05) is 6.42 Å². The van der Waals surface area contributed by atoms with E-state index in [4.69, 9.17) is 4.74 Å². The molecule has 0 bridgehead atoms. The zero-order valence-electron chi connectivity index (χ0n) is 19.5. The Kier molecular flexibility index (Phi) is 19.9. The van der Waals surface area contributed by atoms with Crippen molar-refractivity contribution >= 4 is 5.97 Å². The van der Waals surface area contributed by atoms with Crippen LogP contribution in [0.25, 0.3) is 0 Å². The number of hydrogen-bond donors (Lipinski definition) is 0. The molecule has 0 atom stereocenters. The zero-order chi connectivity index (χ0) is 20.9. The van der Waals surface area contributed by atoms with Crippen molar-refractivity contribution < 1.29 is 9.53 Å². The Morgan fingerprint density at radius 3 is 1.68 bits per heavy atom. The molecule has 0 aromatic carbocycles. The molecule has 0 rings (SSSR count). The summed E-state index contributed by atoms with van der Waals surface area (Å²) in [6.45, 7) is 9.06. The Balaban J connectivity index is 3.38. The van der Waals surface area contributed by atoms with Crippen LogP contribution in [0.3, 0.4) is 0 Å². The fourth-order valence-electron chi connectivity index (χ4n) is 3.33. The highest BCUT2D eigenvalue weighted by atomic mass is 16.5. The van der Waals surface area contributed by atoms with Crippen molar-refractivity contribution in [3.63, 3.8) is 0 Å². The van der Waals surface area contributed by atoms with Gasteiger partial charge in [-0.15, -0.1) is 0 Å². The lowest BCUT2D eigenvalue weighted by molar-refractivity contribution is -0.142. The van der Waals surface area contributed by atoms with Gasteiger partial charge >= 0.3 is 5.97 Å². The van der Waals surface area contributed by atoms with Crippen molar-refractivity contribution in [2.45, 2.75) is 130 Å². The standard InChI is InChI=1S/C26H48O2/c1-5-6-7-8-9-10-11-12-13-14-15-16-17-21-26(27)28-23-22-25(4)20-18-19-24(2)3/h19,22H,5-18,20-21,23H2,1-4H3. The Morgan fingerprint density at radius 2 is 1.18 bits per heavy atom. The average Bonchev–Trinajstić information content (AvgIpc) is 2.65. The Hall–Kier alpha value is -1.05. The molecule has 2 nitrogen and oxygen atoms in total. The Labute approximate surface area is 176 Å². The normalized spacial score (nSPS) is 11.5. The number of hydrogen-bond acceptors (Lipinski definition) is 2. The minimum absolute atomic E-state index is 0.0450. The number of esters is 1. The molecule has 0 amide bonds. The van der Waals surface area contributed by atoms with E-state index in [1.54, 1.807) is 0 Å². The average molecular weight is 393 g/mol. The van der Waals surface area contributed by atoms with Crippen LogP contribution in [0.15, 0.2) is 23.3 Å². The summed E-state index contributed by atoms with van der Waals surface area (Å²) in [7, 11) is 0. The SMILES string of the molecule is CCCCCCCCCCCCCCCC(=O)OCC=C(C)CCC=C(C)C. The van der Waals surface area contributed by atoms with E-state index in [1.165, 1.54) is 81.8 Å². The van der Waals surface area contributed by atoms with Gasteiger partial charge in [0.05, 0.1) is 0 Å². The van der Waals surface area contributed by atoms with Gasteiger partial charge in [-0.1, -0.05) is 101 Å². The molecule has 0 aromatic rings. The molecular weight excluding hydrogens is 344 g/mol. The molecule has 0 heterocycles. The van der Waals surface area contributed by atoms with Crippen LogP contribution in [-0.2, 0) is 9.53 Å². The fourth-order valence-corrected chi connectivity index (χ4v) is 3.33. The second-order valence-corrected chi connectivity index (χ2v) is 8.55. The van der Waals surface area contributed by atoms with Crippen LogP contribution in [0.1, 0.15) is 130 Å². The molecule has 0 fully saturated rings. The maximum atomic E-state index is 11.8. The first-order valence-electron chi connectivity index (χ1n) is 12.0. The minimum atomic E-state index is -0.0450. The number of carbonyl (C=O) groups is 1. The van der Waals surface area contributed by atoms with Crippen molar-refractivity contribution in [2.24, 2.45) is 0 Å². The molecule has 0 N–H and O–H groups in total. The molecule has 0 saturated carbocycles. The summed E-state index contributed by atoms with van der Waals surface area (Å²) in [6.07, 6.45) is 24.2. The second kappa shape index (κ2) is 20.7. The van der Waals surface area contributed by atoms with Crippen LogP contribution in [0, 0.1) is 0 Å². The topological polar surface area (TPSA) is 26.3 Å². The first-order valence-corrected chi connectivity index (χ1v) is 12.0. The number of unbranched alkanes of at least 4 members (excludes halogenated alkanes) is 12. The Bertz CT molecular complexity index is 416. The summed E-state index contributed by atoms with van der Waals surface area (Å²) in [5.74, 6) is -0.0450. The van der Waals surface area contributed by atoms with Crippen LogP contribution in [0.4, 0.5) is 0 Å². The maximum Gasteiger partial charge on any atom is 0.306 e. The lowest BCUT2D eigenvalue weighted by atomic mass is 10.0. The predicted molar refractivity (Wildman–Crippen MR) is 124 cm³/mol. The van der Waals surface area contributed by atoms with Crippen LogP contribution in [0.5, 0.6) is 0 Å². The monoisotopic (exact) mass is 392 g/mol. The van der Waals surface area contributed by atoms with E-state index in [0.29, 0.717) is 13.0 Å². The molecular formula is C26H48O2. The van der Waals surface area contributed by atoms with Crippen LogP contribution < -0.4 is 0 Å². The van der Waals surface area contributed by atoms with Crippen molar-refractivity contribution in [2.75, 3.05) is 6.61 Å². The molecule has 0 aliphatic rings. The largest absolute Gasteiger partial charge is 0.461 e. The van der Waals surface area contributed by atoms with Gasteiger partial charge in [0.25, 0.3) is 0 Å². The van der Waals surface area contributed by atoms with Crippen LogP contribution in [-0.4, -0.2) is 12.6 Å². The third-order valence-electron chi connectivity index (χ3n) is 5.25. The fraction of sp³-hybridized carbons (Fsp3) is 0.808. The summed E-state index contributed by atoms with van der Waals surface area (Å²) in [4.78, 5) is 11.8. The van der Waals surface area contributed by atoms with Gasteiger partial charge in [-0.2, -0.15) is 0 Å². The number of allylic oxidation sites excluding steroid dienone is 3. The highest BCUT2D eigenvalue weighted by molar-refractivity contribution is 5.69. The molecule has 0 aliphatic heterocycles. The quantitative estimate of drug-likeness (QED) is 0.125. The van der Waals surface area contributed by atoms with E-state index in [9.17, 15) is 4.79 Å². The molecule has 2 heteroatoms. The maximum absolute atomic E-state index is 11.8. The Morgan fingerprint density at radius 1 is 0.679 bits per heavy atom. The smallest absolute Gasteiger partial charge is 0.306 e. The van der Waals surface area contributed by atoms with Gasteiger partial charge in [0.2, 0.25) is 0 Å². The molecule has 0 aromatic heterocycles. The highest BCUT2D eigenvalue weighted by Gasteiger charge is 2.02. The van der Waals surface area contributed by atoms with Gasteiger partial charge in [-0.3, -0.25) is 4.79 Å². The summed E-state index contributed by atoms with van der Waals surface area (Å²) < 4.78 is 5.32. The van der Waals surface area contributed by atoms with Crippen molar-refractivity contribution in [1.29, 1.82) is 0 Å². The summed E-state index contributed by atoms with van der Waals surface area (Å²) in [5.41, 5.74) is 2.66. The second-order valence-electron chi connectivity index (χ2n) is 8.55. The van der Waals surface area contributed by atoms with E-state index in [0.717, 1.165) is 25.7 Å². The van der Waals surface area contributed by atoms with Crippen molar-refractivity contribution in [3.05, 3.63) is 23.3 Å². The first kappa shape index (κ1) is 27.0.